The maximum Gasteiger partial charge on any atom is 0.180 e. The molecule has 0 radical (unpaired) electrons. The standard InChI is InChI=1S/C18H19F2N3OS/c1-3-24-15-9-14(17(20)16(19)12(15)2)10-22-23-18(21)25-11-13-7-5-4-6-8-13/h4-10H,3,11H2,1-2H3,(H2,21,23). The Labute approximate surface area is 149 Å². The van der Waals surface area contributed by atoms with E-state index < -0.39 is 11.6 Å². The summed E-state index contributed by atoms with van der Waals surface area (Å²) < 4.78 is 33.2. The number of ether oxygens (including phenoxy) is 1. The molecule has 0 aliphatic carbocycles. The zero-order valence-electron chi connectivity index (χ0n) is 14.0. The van der Waals surface area contributed by atoms with E-state index in [4.69, 9.17) is 10.5 Å². The molecule has 2 rings (SSSR count). The summed E-state index contributed by atoms with van der Waals surface area (Å²) in [7, 11) is 0. The van der Waals surface area contributed by atoms with Crippen molar-refractivity contribution in [1.82, 2.24) is 0 Å². The van der Waals surface area contributed by atoms with Crippen LogP contribution in [0, 0.1) is 18.6 Å². The number of thioether (sulfide) groups is 1. The molecule has 0 unspecified atom stereocenters. The second kappa shape index (κ2) is 9.17. The van der Waals surface area contributed by atoms with Crippen LogP contribution in [0.2, 0.25) is 0 Å². The van der Waals surface area contributed by atoms with Crippen LogP contribution in [0.4, 0.5) is 8.78 Å². The molecular formula is C18H19F2N3OS. The second-order valence-corrected chi connectivity index (χ2v) is 6.10. The van der Waals surface area contributed by atoms with Gasteiger partial charge in [0.2, 0.25) is 0 Å². The molecule has 2 N–H and O–H groups in total. The summed E-state index contributed by atoms with van der Waals surface area (Å²) in [5.41, 5.74) is 6.94. The fraction of sp³-hybridized carbons (Fsp3) is 0.222. The number of benzene rings is 2. The van der Waals surface area contributed by atoms with E-state index in [-0.39, 0.29) is 22.0 Å². The molecular weight excluding hydrogens is 344 g/mol. The Kier molecular flexibility index (Phi) is 6.94. The van der Waals surface area contributed by atoms with E-state index >= 15 is 0 Å². The van der Waals surface area contributed by atoms with Crippen molar-refractivity contribution in [1.29, 1.82) is 0 Å². The van der Waals surface area contributed by atoms with Crippen LogP contribution >= 0.6 is 11.8 Å². The third-order valence-electron chi connectivity index (χ3n) is 3.31. The lowest BCUT2D eigenvalue weighted by molar-refractivity contribution is 0.333. The first-order valence-corrected chi connectivity index (χ1v) is 8.66. The molecule has 4 nitrogen and oxygen atoms in total. The molecule has 0 aromatic heterocycles. The number of halogens is 2. The summed E-state index contributed by atoms with van der Waals surface area (Å²) in [5.74, 6) is -1.02. The fourth-order valence-corrected chi connectivity index (χ4v) is 2.63. The Hall–Kier alpha value is -2.41. The number of nitrogens with zero attached hydrogens (tertiary/aromatic N) is 2. The smallest absolute Gasteiger partial charge is 0.180 e. The molecule has 0 bridgehead atoms. The Morgan fingerprint density at radius 1 is 1.24 bits per heavy atom. The van der Waals surface area contributed by atoms with Gasteiger partial charge < -0.3 is 10.5 Å². The number of amidine groups is 1. The highest BCUT2D eigenvalue weighted by atomic mass is 32.2. The van der Waals surface area contributed by atoms with E-state index in [9.17, 15) is 8.78 Å². The normalized spacial score (nSPS) is 11.9. The maximum absolute atomic E-state index is 14.0. The number of nitrogens with two attached hydrogens (primary N) is 1. The van der Waals surface area contributed by atoms with Crippen molar-refractivity contribution in [2.45, 2.75) is 19.6 Å². The molecule has 2 aromatic rings. The van der Waals surface area contributed by atoms with Gasteiger partial charge in [-0.25, -0.2) is 8.78 Å². The molecule has 0 heterocycles. The van der Waals surface area contributed by atoms with Crippen LogP contribution in [0.25, 0.3) is 0 Å². The minimum atomic E-state index is -0.990. The van der Waals surface area contributed by atoms with E-state index in [0.29, 0.717) is 12.4 Å². The van der Waals surface area contributed by atoms with Gasteiger partial charge in [0.1, 0.15) is 5.75 Å². The molecule has 0 atom stereocenters. The first-order valence-electron chi connectivity index (χ1n) is 7.67. The Morgan fingerprint density at radius 3 is 2.64 bits per heavy atom. The lowest BCUT2D eigenvalue weighted by Crippen LogP contribution is -2.06. The van der Waals surface area contributed by atoms with Gasteiger partial charge in [-0.05, 0) is 25.5 Å². The predicted octanol–water partition coefficient (Wildman–Crippen LogP) is 4.25. The summed E-state index contributed by atoms with van der Waals surface area (Å²) in [6.45, 7) is 3.58. The Balaban J connectivity index is 2.07. The topological polar surface area (TPSA) is 60.0 Å². The molecule has 0 amide bonds. The molecule has 7 heteroatoms. The first-order chi connectivity index (χ1) is 12.0. The summed E-state index contributed by atoms with van der Waals surface area (Å²) in [6.07, 6.45) is 1.12. The number of hydrogen-bond acceptors (Lipinski definition) is 4. The first kappa shape index (κ1) is 18.9. The average Bonchev–Trinajstić information content (AvgIpc) is 2.63. The van der Waals surface area contributed by atoms with Crippen molar-refractivity contribution in [2.24, 2.45) is 15.9 Å². The molecule has 0 saturated carbocycles. The van der Waals surface area contributed by atoms with Gasteiger partial charge in [-0.3, -0.25) is 0 Å². The van der Waals surface area contributed by atoms with Crippen LogP contribution in [-0.2, 0) is 5.75 Å². The highest BCUT2D eigenvalue weighted by molar-refractivity contribution is 8.13. The van der Waals surface area contributed by atoms with E-state index in [0.717, 1.165) is 11.8 Å². The van der Waals surface area contributed by atoms with Crippen molar-refractivity contribution in [3.8, 4) is 5.75 Å². The SMILES string of the molecule is CCOc1cc(C=NN=C(N)SCc2ccccc2)c(F)c(F)c1C. The van der Waals surface area contributed by atoms with Crippen molar-refractivity contribution in [2.75, 3.05) is 6.61 Å². The van der Waals surface area contributed by atoms with Gasteiger partial charge in [0, 0.05) is 16.9 Å². The fourth-order valence-electron chi connectivity index (χ4n) is 2.02. The monoisotopic (exact) mass is 363 g/mol. The van der Waals surface area contributed by atoms with Gasteiger partial charge in [-0.15, -0.1) is 5.10 Å². The van der Waals surface area contributed by atoms with Gasteiger partial charge in [-0.1, -0.05) is 42.1 Å². The minimum absolute atomic E-state index is 0.0452. The van der Waals surface area contributed by atoms with Gasteiger partial charge >= 0.3 is 0 Å². The molecule has 2 aromatic carbocycles. The summed E-state index contributed by atoms with van der Waals surface area (Å²) in [5, 5.41) is 7.78. The third kappa shape index (κ3) is 5.29. The summed E-state index contributed by atoms with van der Waals surface area (Å²) in [4.78, 5) is 0. The van der Waals surface area contributed by atoms with E-state index in [1.807, 2.05) is 30.3 Å². The molecule has 0 saturated heterocycles. The Morgan fingerprint density at radius 2 is 1.96 bits per heavy atom. The molecule has 25 heavy (non-hydrogen) atoms. The van der Waals surface area contributed by atoms with Crippen LogP contribution in [0.1, 0.15) is 23.6 Å². The minimum Gasteiger partial charge on any atom is -0.493 e. The highest BCUT2D eigenvalue weighted by Crippen LogP contribution is 2.25. The van der Waals surface area contributed by atoms with Crippen molar-refractivity contribution in [3.63, 3.8) is 0 Å². The second-order valence-electron chi connectivity index (χ2n) is 5.11. The quantitative estimate of drug-likeness (QED) is 0.474. The number of rotatable bonds is 6. The third-order valence-corrected chi connectivity index (χ3v) is 4.17. The van der Waals surface area contributed by atoms with Crippen LogP contribution in [-0.4, -0.2) is 18.0 Å². The zero-order chi connectivity index (χ0) is 18.2. The van der Waals surface area contributed by atoms with Crippen molar-refractivity contribution < 1.29 is 13.5 Å². The molecule has 0 aliphatic heterocycles. The molecule has 132 valence electrons. The average molecular weight is 363 g/mol. The van der Waals surface area contributed by atoms with E-state index in [2.05, 4.69) is 10.2 Å². The highest BCUT2D eigenvalue weighted by Gasteiger charge is 2.15. The Bertz CT molecular complexity index is 780. The largest absolute Gasteiger partial charge is 0.493 e. The van der Waals surface area contributed by atoms with Gasteiger partial charge in [0.05, 0.1) is 12.8 Å². The lowest BCUT2D eigenvalue weighted by atomic mass is 10.1. The van der Waals surface area contributed by atoms with Gasteiger partial charge in [0.15, 0.2) is 16.8 Å². The summed E-state index contributed by atoms with van der Waals surface area (Å²) in [6, 6.07) is 11.1. The lowest BCUT2D eigenvalue weighted by Gasteiger charge is -2.09. The van der Waals surface area contributed by atoms with Gasteiger partial charge in [-0.2, -0.15) is 5.10 Å². The van der Waals surface area contributed by atoms with Crippen molar-refractivity contribution in [3.05, 3.63) is 64.7 Å². The van der Waals surface area contributed by atoms with Crippen LogP contribution < -0.4 is 10.5 Å². The predicted molar refractivity (Wildman–Crippen MR) is 99.2 cm³/mol. The number of hydrogen-bond donors (Lipinski definition) is 1. The van der Waals surface area contributed by atoms with Crippen LogP contribution in [0.15, 0.2) is 46.6 Å². The van der Waals surface area contributed by atoms with Crippen LogP contribution in [0.5, 0.6) is 5.75 Å². The zero-order valence-corrected chi connectivity index (χ0v) is 14.8. The van der Waals surface area contributed by atoms with E-state index in [1.165, 1.54) is 24.8 Å². The van der Waals surface area contributed by atoms with E-state index in [1.54, 1.807) is 6.92 Å². The molecule has 0 spiro atoms. The summed E-state index contributed by atoms with van der Waals surface area (Å²) >= 11 is 1.31. The van der Waals surface area contributed by atoms with Crippen LogP contribution in [0.3, 0.4) is 0 Å². The molecule has 0 aliphatic rings. The maximum atomic E-state index is 14.0. The molecule has 0 fully saturated rings. The van der Waals surface area contributed by atoms with Gasteiger partial charge in [0.25, 0.3) is 0 Å². The van der Waals surface area contributed by atoms with Crippen molar-refractivity contribution >= 4 is 23.1 Å².